The Morgan fingerprint density at radius 2 is 2.25 bits per heavy atom. The molecule has 2 unspecified atom stereocenters. The van der Waals surface area contributed by atoms with Gasteiger partial charge in [-0.15, -0.1) is 0 Å². The maximum atomic E-state index is 4.75. The van der Waals surface area contributed by atoms with Crippen LogP contribution in [0.25, 0.3) is 0 Å². The number of aryl methyl sites for hydroxylation is 1. The van der Waals surface area contributed by atoms with Gasteiger partial charge in [-0.3, -0.25) is 0 Å². The SMILES string of the molecule is Cc1nc(N2CC3CCC2C3)ncc1CNCC(C)C. The van der Waals surface area contributed by atoms with Crippen LogP contribution in [0.1, 0.15) is 44.4 Å². The molecule has 1 N–H and O–H groups in total. The van der Waals surface area contributed by atoms with Gasteiger partial charge in [0.05, 0.1) is 0 Å². The molecule has 0 spiro atoms. The van der Waals surface area contributed by atoms with Gasteiger partial charge in [0.15, 0.2) is 0 Å². The first-order chi connectivity index (χ1) is 9.63. The Labute approximate surface area is 122 Å². The summed E-state index contributed by atoms with van der Waals surface area (Å²) in [5, 5.41) is 3.46. The number of rotatable bonds is 5. The predicted molar refractivity (Wildman–Crippen MR) is 81.8 cm³/mol. The van der Waals surface area contributed by atoms with Gasteiger partial charge in [0.25, 0.3) is 0 Å². The summed E-state index contributed by atoms with van der Waals surface area (Å²) in [4.78, 5) is 11.8. The van der Waals surface area contributed by atoms with Gasteiger partial charge in [0.1, 0.15) is 0 Å². The van der Waals surface area contributed by atoms with E-state index in [2.05, 4.69) is 36.0 Å². The number of hydrogen-bond acceptors (Lipinski definition) is 4. The molecule has 1 saturated heterocycles. The number of aromatic nitrogens is 2. The summed E-state index contributed by atoms with van der Waals surface area (Å²) in [5.74, 6) is 2.51. The maximum Gasteiger partial charge on any atom is 0.225 e. The molecule has 20 heavy (non-hydrogen) atoms. The number of nitrogens with zero attached hydrogens (tertiary/aromatic N) is 3. The minimum atomic E-state index is 0.677. The van der Waals surface area contributed by atoms with Crippen LogP contribution < -0.4 is 10.2 Å². The van der Waals surface area contributed by atoms with Crippen molar-refractivity contribution in [3.8, 4) is 0 Å². The molecule has 0 amide bonds. The first-order valence-electron chi connectivity index (χ1n) is 7.93. The van der Waals surface area contributed by atoms with Crippen molar-refractivity contribution in [3.05, 3.63) is 17.5 Å². The zero-order valence-electron chi connectivity index (χ0n) is 12.9. The lowest BCUT2D eigenvalue weighted by molar-refractivity contribution is 0.542. The van der Waals surface area contributed by atoms with Crippen molar-refractivity contribution in [1.82, 2.24) is 15.3 Å². The van der Waals surface area contributed by atoms with Gasteiger partial charge in [-0.1, -0.05) is 13.8 Å². The van der Waals surface area contributed by atoms with Gasteiger partial charge in [-0.25, -0.2) is 9.97 Å². The second-order valence-corrected chi connectivity index (χ2v) is 6.79. The third-order valence-corrected chi connectivity index (χ3v) is 4.60. The van der Waals surface area contributed by atoms with Crippen LogP contribution >= 0.6 is 0 Å². The molecule has 110 valence electrons. The second-order valence-electron chi connectivity index (χ2n) is 6.79. The van der Waals surface area contributed by atoms with E-state index >= 15 is 0 Å². The smallest absolute Gasteiger partial charge is 0.225 e. The van der Waals surface area contributed by atoms with Gasteiger partial charge in [-0.2, -0.15) is 0 Å². The average molecular weight is 274 g/mol. The van der Waals surface area contributed by atoms with Crippen LogP contribution in [0, 0.1) is 18.8 Å². The van der Waals surface area contributed by atoms with Crippen LogP contribution in [0.15, 0.2) is 6.20 Å². The topological polar surface area (TPSA) is 41.1 Å². The highest BCUT2D eigenvalue weighted by molar-refractivity contribution is 5.37. The molecule has 4 nitrogen and oxygen atoms in total. The summed E-state index contributed by atoms with van der Waals surface area (Å²) in [6, 6.07) is 0.698. The Balaban J connectivity index is 1.65. The van der Waals surface area contributed by atoms with E-state index in [0.717, 1.165) is 37.2 Å². The molecule has 2 heterocycles. The Kier molecular flexibility index (Phi) is 3.92. The van der Waals surface area contributed by atoms with Crippen LogP contribution in [0.5, 0.6) is 0 Å². The monoisotopic (exact) mass is 274 g/mol. The Morgan fingerprint density at radius 3 is 2.85 bits per heavy atom. The normalized spacial score (nSPS) is 24.9. The van der Waals surface area contributed by atoms with Gasteiger partial charge in [0, 0.05) is 36.6 Å². The van der Waals surface area contributed by atoms with E-state index in [1.807, 2.05) is 6.20 Å². The van der Waals surface area contributed by atoms with Crippen molar-refractivity contribution in [3.63, 3.8) is 0 Å². The molecule has 2 bridgehead atoms. The third-order valence-electron chi connectivity index (χ3n) is 4.60. The van der Waals surface area contributed by atoms with Crippen molar-refractivity contribution in [1.29, 1.82) is 0 Å². The lowest BCUT2D eigenvalue weighted by Crippen LogP contribution is -2.33. The van der Waals surface area contributed by atoms with Gasteiger partial charge >= 0.3 is 0 Å². The maximum absolute atomic E-state index is 4.75. The van der Waals surface area contributed by atoms with E-state index in [0.29, 0.717) is 12.0 Å². The number of hydrogen-bond donors (Lipinski definition) is 1. The highest BCUT2D eigenvalue weighted by Crippen LogP contribution is 2.38. The van der Waals surface area contributed by atoms with Gasteiger partial charge < -0.3 is 10.2 Å². The first kappa shape index (κ1) is 13.8. The first-order valence-corrected chi connectivity index (χ1v) is 7.93. The summed E-state index contributed by atoms with van der Waals surface area (Å²) in [7, 11) is 0. The lowest BCUT2D eigenvalue weighted by Gasteiger charge is -2.27. The zero-order valence-corrected chi connectivity index (χ0v) is 12.9. The molecule has 0 radical (unpaired) electrons. The molecule has 3 rings (SSSR count). The zero-order chi connectivity index (χ0) is 14.1. The van der Waals surface area contributed by atoms with Crippen molar-refractivity contribution in [2.45, 2.75) is 52.6 Å². The van der Waals surface area contributed by atoms with Gasteiger partial charge in [0.2, 0.25) is 5.95 Å². The summed E-state index contributed by atoms with van der Waals surface area (Å²) >= 11 is 0. The fourth-order valence-corrected chi connectivity index (χ4v) is 3.46. The highest BCUT2D eigenvalue weighted by atomic mass is 15.3. The molecule has 1 aliphatic carbocycles. The molecule has 2 aliphatic rings. The summed E-state index contributed by atoms with van der Waals surface area (Å²) < 4.78 is 0. The Bertz CT molecular complexity index is 472. The quantitative estimate of drug-likeness (QED) is 0.896. The molecular weight excluding hydrogens is 248 g/mol. The standard InChI is InChI=1S/C16H26N4/c1-11(2)7-17-8-14-9-18-16(19-12(14)3)20-10-13-4-5-15(20)6-13/h9,11,13,15,17H,4-8,10H2,1-3H3. The summed E-state index contributed by atoms with van der Waals surface area (Å²) in [6.45, 7) is 9.62. The Morgan fingerprint density at radius 1 is 1.40 bits per heavy atom. The van der Waals surface area contributed by atoms with E-state index < -0.39 is 0 Å². The molecule has 2 fully saturated rings. The van der Waals surface area contributed by atoms with E-state index in [4.69, 9.17) is 4.98 Å². The number of anilines is 1. The lowest BCUT2D eigenvalue weighted by atomic mass is 10.1. The molecular formula is C16H26N4. The fraction of sp³-hybridized carbons (Fsp3) is 0.750. The fourth-order valence-electron chi connectivity index (χ4n) is 3.46. The second kappa shape index (κ2) is 5.68. The summed E-state index contributed by atoms with van der Waals surface area (Å²) in [5.41, 5.74) is 2.34. The molecule has 1 saturated carbocycles. The van der Waals surface area contributed by atoms with E-state index in [9.17, 15) is 0 Å². The average Bonchev–Trinajstić information content (AvgIpc) is 3.02. The van der Waals surface area contributed by atoms with Crippen LogP contribution in [-0.4, -0.2) is 29.1 Å². The van der Waals surface area contributed by atoms with Crippen LogP contribution in [-0.2, 0) is 6.54 Å². The van der Waals surface area contributed by atoms with E-state index in [-0.39, 0.29) is 0 Å². The van der Waals surface area contributed by atoms with Crippen LogP contribution in [0.3, 0.4) is 0 Å². The largest absolute Gasteiger partial charge is 0.338 e. The van der Waals surface area contributed by atoms with Crippen LogP contribution in [0.2, 0.25) is 0 Å². The molecule has 2 atom stereocenters. The van der Waals surface area contributed by atoms with E-state index in [1.165, 1.54) is 24.8 Å². The minimum Gasteiger partial charge on any atom is -0.338 e. The molecule has 4 heteroatoms. The molecule has 0 aromatic carbocycles. The number of fused-ring (bicyclic) bond motifs is 2. The number of nitrogens with one attached hydrogen (secondary N) is 1. The molecule has 1 aromatic heterocycles. The molecule has 1 aromatic rings. The van der Waals surface area contributed by atoms with Crippen molar-refractivity contribution < 1.29 is 0 Å². The number of piperidine rings is 1. The van der Waals surface area contributed by atoms with Crippen molar-refractivity contribution in [2.75, 3.05) is 18.0 Å². The van der Waals surface area contributed by atoms with E-state index in [1.54, 1.807) is 0 Å². The highest BCUT2D eigenvalue weighted by Gasteiger charge is 2.38. The Hall–Kier alpha value is -1.16. The minimum absolute atomic E-state index is 0.677. The van der Waals surface area contributed by atoms with Gasteiger partial charge in [-0.05, 0) is 44.6 Å². The van der Waals surface area contributed by atoms with Crippen LogP contribution in [0.4, 0.5) is 5.95 Å². The van der Waals surface area contributed by atoms with Crippen molar-refractivity contribution >= 4 is 5.95 Å². The third kappa shape index (κ3) is 2.80. The predicted octanol–water partition coefficient (Wildman–Crippen LogP) is 2.52. The van der Waals surface area contributed by atoms with Crippen molar-refractivity contribution in [2.24, 2.45) is 11.8 Å². The molecule has 1 aliphatic heterocycles. The summed E-state index contributed by atoms with van der Waals surface area (Å²) in [6.07, 6.45) is 6.08.